The quantitative estimate of drug-likeness (QED) is 0.664. The van der Waals surface area contributed by atoms with Gasteiger partial charge in [0.15, 0.2) is 0 Å². The molecule has 13 heavy (non-hydrogen) atoms. The average Bonchev–Trinajstić information content (AvgIpc) is 2.28. The molecule has 1 aliphatic heterocycles. The van der Waals surface area contributed by atoms with Crippen molar-refractivity contribution in [3.63, 3.8) is 0 Å². The van der Waals surface area contributed by atoms with E-state index < -0.39 is 17.2 Å². The first-order valence-electron chi connectivity index (χ1n) is 4.20. The predicted molar refractivity (Wildman–Crippen MR) is 42.3 cm³/mol. The van der Waals surface area contributed by atoms with Crippen LogP contribution in [0.5, 0.6) is 0 Å². The average molecular weight is 197 g/mol. The maximum absolute atomic E-state index is 12.7. The Kier molecular flexibility index (Phi) is 2.37. The molecular formula is C8H14F3NO. The van der Waals surface area contributed by atoms with Crippen LogP contribution >= 0.6 is 0 Å². The molecule has 2 nitrogen and oxygen atoms in total. The maximum atomic E-state index is 12.7. The van der Waals surface area contributed by atoms with E-state index in [0.717, 1.165) is 0 Å². The van der Waals surface area contributed by atoms with Gasteiger partial charge in [0.2, 0.25) is 0 Å². The molecule has 1 fully saturated rings. The van der Waals surface area contributed by atoms with Crippen LogP contribution in [0, 0.1) is 5.41 Å². The summed E-state index contributed by atoms with van der Waals surface area (Å²) in [4.78, 5) is 0. The number of aliphatic hydroxyl groups is 1. The highest BCUT2D eigenvalue weighted by Gasteiger charge is 2.63. The van der Waals surface area contributed by atoms with E-state index in [-0.39, 0.29) is 13.0 Å². The minimum absolute atomic E-state index is 0.0556. The molecule has 1 aliphatic rings. The molecule has 1 atom stereocenters. The lowest BCUT2D eigenvalue weighted by Crippen LogP contribution is -2.55. The highest BCUT2D eigenvalue weighted by molar-refractivity contribution is 5.03. The van der Waals surface area contributed by atoms with E-state index in [1.807, 2.05) is 0 Å². The third-order valence-corrected chi connectivity index (χ3v) is 2.87. The van der Waals surface area contributed by atoms with Gasteiger partial charge in [-0.15, -0.1) is 0 Å². The topological polar surface area (TPSA) is 32.3 Å². The molecule has 0 spiro atoms. The third kappa shape index (κ3) is 1.55. The summed E-state index contributed by atoms with van der Waals surface area (Å²) in [7, 11) is 0. The van der Waals surface area contributed by atoms with Gasteiger partial charge in [-0.05, 0) is 26.8 Å². The first kappa shape index (κ1) is 10.8. The van der Waals surface area contributed by atoms with Crippen molar-refractivity contribution in [1.29, 1.82) is 0 Å². The van der Waals surface area contributed by atoms with Gasteiger partial charge >= 0.3 is 6.18 Å². The molecule has 1 rings (SSSR count). The smallest absolute Gasteiger partial charge is 0.389 e. The number of rotatable bonds is 1. The van der Waals surface area contributed by atoms with Crippen molar-refractivity contribution >= 4 is 0 Å². The molecule has 78 valence electrons. The molecule has 5 heteroatoms. The summed E-state index contributed by atoms with van der Waals surface area (Å²) in [6.07, 6.45) is -4.41. The van der Waals surface area contributed by atoms with Gasteiger partial charge in [0.25, 0.3) is 0 Å². The third-order valence-electron chi connectivity index (χ3n) is 2.87. The molecular weight excluding hydrogens is 183 g/mol. The lowest BCUT2D eigenvalue weighted by molar-refractivity contribution is -0.269. The predicted octanol–water partition coefficient (Wildman–Crippen LogP) is 1.30. The van der Waals surface area contributed by atoms with E-state index in [2.05, 4.69) is 5.32 Å². The minimum Gasteiger partial charge on any atom is -0.389 e. The molecule has 1 unspecified atom stereocenters. The van der Waals surface area contributed by atoms with E-state index in [1.54, 1.807) is 0 Å². The largest absolute Gasteiger partial charge is 0.398 e. The van der Waals surface area contributed by atoms with Gasteiger partial charge in [0, 0.05) is 6.54 Å². The second kappa shape index (κ2) is 2.85. The molecule has 0 saturated carbocycles. The van der Waals surface area contributed by atoms with E-state index >= 15 is 0 Å². The number of hydrogen-bond donors (Lipinski definition) is 2. The van der Waals surface area contributed by atoms with Gasteiger partial charge < -0.3 is 10.4 Å². The van der Waals surface area contributed by atoms with Crippen LogP contribution in [-0.2, 0) is 0 Å². The normalized spacial score (nSPS) is 30.9. The van der Waals surface area contributed by atoms with E-state index in [9.17, 15) is 18.3 Å². The first-order chi connectivity index (χ1) is 5.71. The van der Waals surface area contributed by atoms with Crippen LogP contribution in [0.2, 0.25) is 0 Å². The summed E-state index contributed by atoms with van der Waals surface area (Å²) >= 11 is 0. The molecule has 0 aliphatic carbocycles. The van der Waals surface area contributed by atoms with Gasteiger partial charge in [-0.3, -0.25) is 0 Å². The van der Waals surface area contributed by atoms with Crippen LogP contribution in [-0.4, -0.2) is 30.0 Å². The summed E-state index contributed by atoms with van der Waals surface area (Å²) in [6.45, 7) is 2.55. The van der Waals surface area contributed by atoms with E-state index in [0.29, 0.717) is 6.54 Å². The number of alkyl halides is 3. The van der Waals surface area contributed by atoms with Gasteiger partial charge in [0.1, 0.15) is 5.41 Å². The van der Waals surface area contributed by atoms with Gasteiger partial charge in [0.05, 0.1) is 5.60 Å². The molecule has 0 aromatic heterocycles. The van der Waals surface area contributed by atoms with Crippen molar-refractivity contribution in [2.24, 2.45) is 5.41 Å². The van der Waals surface area contributed by atoms with Gasteiger partial charge in [-0.1, -0.05) is 0 Å². The molecule has 1 heterocycles. The summed E-state index contributed by atoms with van der Waals surface area (Å²) < 4.78 is 38.1. The Hall–Kier alpha value is -0.290. The fraction of sp³-hybridized carbons (Fsp3) is 1.00. The fourth-order valence-electron chi connectivity index (χ4n) is 1.80. The molecule has 0 amide bonds. The number of halogens is 3. The molecule has 2 N–H and O–H groups in total. The zero-order valence-corrected chi connectivity index (χ0v) is 7.70. The Balaban J connectivity index is 3.02. The Labute approximate surface area is 75.1 Å². The SMILES string of the molecule is CC(C)(O)C1(C(F)(F)F)CCNC1. The Morgan fingerprint density at radius 2 is 1.85 bits per heavy atom. The highest BCUT2D eigenvalue weighted by atomic mass is 19.4. The summed E-state index contributed by atoms with van der Waals surface area (Å²) in [6, 6.07) is 0. The van der Waals surface area contributed by atoms with Crippen molar-refractivity contribution in [2.75, 3.05) is 13.1 Å². The van der Waals surface area contributed by atoms with E-state index in [4.69, 9.17) is 0 Å². The van der Waals surface area contributed by atoms with Crippen molar-refractivity contribution in [2.45, 2.75) is 32.0 Å². The molecule has 0 aromatic rings. The van der Waals surface area contributed by atoms with Crippen LogP contribution in [0.25, 0.3) is 0 Å². The summed E-state index contributed by atoms with van der Waals surface area (Å²) in [5.41, 5.74) is -3.71. The van der Waals surface area contributed by atoms with Crippen LogP contribution in [0.4, 0.5) is 13.2 Å². The zero-order valence-electron chi connectivity index (χ0n) is 7.70. The van der Waals surface area contributed by atoms with Crippen molar-refractivity contribution in [3.05, 3.63) is 0 Å². The van der Waals surface area contributed by atoms with Crippen molar-refractivity contribution < 1.29 is 18.3 Å². The van der Waals surface area contributed by atoms with Crippen molar-refractivity contribution in [3.8, 4) is 0 Å². The lowest BCUT2D eigenvalue weighted by Gasteiger charge is -2.41. The Bertz CT molecular complexity index is 173. The standard InChI is InChI=1S/C8H14F3NO/c1-6(2,13)7(8(9,10)11)3-4-12-5-7/h12-13H,3-5H2,1-2H3. The lowest BCUT2D eigenvalue weighted by atomic mass is 9.72. The number of hydrogen-bond acceptors (Lipinski definition) is 2. The van der Waals surface area contributed by atoms with Crippen LogP contribution in [0.15, 0.2) is 0 Å². The summed E-state index contributed by atoms with van der Waals surface area (Å²) in [5.74, 6) is 0. The van der Waals surface area contributed by atoms with E-state index in [1.165, 1.54) is 13.8 Å². The van der Waals surface area contributed by atoms with Gasteiger partial charge in [-0.2, -0.15) is 13.2 Å². The monoisotopic (exact) mass is 197 g/mol. The second-order valence-electron chi connectivity index (χ2n) is 4.07. The first-order valence-corrected chi connectivity index (χ1v) is 4.20. The number of nitrogens with one attached hydrogen (secondary N) is 1. The molecule has 0 aromatic carbocycles. The molecule has 0 radical (unpaired) electrons. The summed E-state index contributed by atoms with van der Waals surface area (Å²) in [5, 5.41) is 12.2. The van der Waals surface area contributed by atoms with Crippen LogP contribution < -0.4 is 5.32 Å². The second-order valence-corrected chi connectivity index (χ2v) is 4.07. The Morgan fingerprint density at radius 3 is 2.00 bits per heavy atom. The highest BCUT2D eigenvalue weighted by Crippen LogP contribution is 2.50. The molecule has 1 saturated heterocycles. The van der Waals surface area contributed by atoms with Gasteiger partial charge in [-0.25, -0.2) is 0 Å². The maximum Gasteiger partial charge on any atom is 0.398 e. The van der Waals surface area contributed by atoms with Crippen LogP contribution in [0.3, 0.4) is 0 Å². The van der Waals surface area contributed by atoms with Crippen LogP contribution in [0.1, 0.15) is 20.3 Å². The molecule has 0 bridgehead atoms. The zero-order chi connectivity index (χ0) is 10.3. The minimum atomic E-state index is -4.35. The van der Waals surface area contributed by atoms with Crippen molar-refractivity contribution in [1.82, 2.24) is 5.32 Å². The Morgan fingerprint density at radius 1 is 1.31 bits per heavy atom. The fourth-order valence-corrected chi connectivity index (χ4v) is 1.80.